The fourth-order valence-corrected chi connectivity index (χ4v) is 1.66. The molecule has 0 spiro atoms. The van der Waals surface area contributed by atoms with Gasteiger partial charge in [0.2, 0.25) is 0 Å². The number of hydrogen-bond donors (Lipinski definition) is 1. The van der Waals surface area contributed by atoms with E-state index in [-0.39, 0.29) is 18.6 Å². The van der Waals surface area contributed by atoms with Crippen LogP contribution in [-0.4, -0.2) is 18.6 Å². The summed E-state index contributed by atoms with van der Waals surface area (Å²) in [5, 5.41) is 3.10. The highest BCUT2D eigenvalue weighted by molar-refractivity contribution is 6.17. The summed E-state index contributed by atoms with van der Waals surface area (Å²) in [7, 11) is 0. The van der Waals surface area contributed by atoms with Crippen molar-refractivity contribution in [3.05, 3.63) is 42.8 Å². The Labute approximate surface area is 107 Å². The van der Waals surface area contributed by atoms with E-state index in [1.54, 1.807) is 0 Å². The summed E-state index contributed by atoms with van der Waals surface area (Å²) < 4.78 is 4.65. The molecular formula is C13H17ClNO2. The monoisotopic (exact) mass is 254 g/mol. The molecule has 17 heavy (non-hydrogen) atoms. The van der Waals surface area contributed by atoms with Gasteiger partial charge in [0, 0.05) is 5.54 Å². The average Bonchev–Trinajstić information content (AvgIpc) is 2.37. The zero-order chi connectivity index (χ0) is 12.7. The molecule has 0 fully saturated rings. The highest BCUT2D eigenvalue weighted by Crippen LogP contribution is 2.23. The van der Waals surface area contributed by atoms with Gasteiger partial charge in [-0.3, -0.25) is 10.1 Å². The third-order valence-electron chi connectivity index (χ3n) is 2.72. The first kappa shape index (κ1) is 14.0. The maximum atomic E-state index is 11.2. The van der Waals surface area contributed by atoms with Gasteiger partial charge in [0.15, 0.2) is 6.07 Å². The molecule has 1 N–H and O–H groups in total. The van der Waals surface area contributed by atoms with Crippen LogP contribution >= 0.6 is 11.6 Å². The Morgan fingerprint density at radius 1 is 1.47 bits per heavy atom. The van der Waals surface area contributed by atoms with Crippen LogP contribution in [0.4, 0.5) is 0 Å². The minimum absolute atomic E-state index is 0.0962. The third kappa shape index (κ3) is 4.02. The van der Waals surface area contributed by atoms with Gasteiger partial charge in [-0.1, -0.05) is 48.9 Å². The number of rotatable bonds is 6. The van der Waals surface area contributed by atoms with Gasteiger partial charge < -0.3 is 4.74 Å². The summed E-state index contributed by atoms with van der Waals surface area (Å²) in [6.45, 7) is 6.25. The zero-order valence-electron chi connectivity index (χ0n) is 9.91. The van der Waals surface area contributed by atoms with Crippen LogP contribution in [0, 0.1) is 6.92 Å². The first-order valence-corrected chi connectivity index (χ1v) is 6.03. The van der Waals surface area contributed by atoms with Crippen molar-refractivity contribution in [3.63, 3.8) is 0 Å². The standard InChI is InChI=1S/C13H17ClNO2/c1-3-13(2,11-7-5-4-6-8-11)15-9-12(16)17-10-14/h4-8,15H,2-3,9-10H2,1H3/t13-/m0/s1. The molecule has 0 heterocycles. The van der Waals surface area contributed by atoms with E-state index >= 15 is 0 Å². The molecule has 4 heteroatoms. The number of carbonyl (C=O) groups excluding carboxylic acids is 1. The molecule has 93 valence electrons. The summed E-state index contributed by atoms with van der Waals surface area (Å²) in [6, 6.07) is 9.68. The molecule has 0 unspecified atom stereocenters. The molecule has 1 rings (SSSR count). The Bertz CT molecular complexity index is 356. The van der Waals surface area contributed by atoms with Crippen LogP contribution < -0.4 is 5.32 Å². The van der Waals surface area contributed by atoms with Gasteiger partial charge in [-0.05, 0) is 18.9 Å². The van der Waals surface area contributed by atoms with Crippen molar-refractivity contribution in [2.24, 2.45) is 0 Å². The van der Waals surface area contributed by atoms with Crippen LogP contribution in [0.5, 0.6) is 0 Å². The second-order valence-electron chi connectivity index (χ2n) is 3.78. The lowest BCUT2D eigenvalue weighted by Gasteiger charge is -2.29. The summed E-state index contributed by atoms with van der Waals surface area (Å²) in [4.78, 5) is 11.2. The largest absolute Gasteiger partial charge is 0.448 e. The van der Waals surface area contributed by atoms with Gasteiger partial charge in [0.1, 0.15) is 0 Å². The Balaban J connectivity index is 2.67. The molecule has 0 bridgehead atoms. The highest BCUT2D eigenvalue weighted by atomic mass is 35.5. The molecule has 0 saturated carbocycles. The summed E-state index contributed by atoms with van der Waals surface area (Å²) in [5.41, 5.74) is 0.563. The minimum atomic E-state index is -0.480. The Hall–Kier alpha value is -1.06. The van der Waals surface area contributed by atoms with Gasteiger partial charge in [-0.25, -0.2) is 0 Å². The normalized spacial score (nSPS) is 14.1. The van der Waals surface area contributed by atoms with Gasteiger partial charge in [-0.2, -0.15) is 0 Å². The number of benzene rings is 1. The van der Waals surface area contributed by atoms with Crippen molar-refractivity contribution in [3.8, 4) is 0 Å². The van der Waals surface area contributed by atoms with Gasteiger partial charge in [-0.15, -0.1) is 0 Å². The number of hydrogen-bond acceptors (Lipinski definition) is 3. The molecule has 3 nitrogen and oxygen atoms in total. The van der Waals surface area contributed by atoms with Crippen LogP contribution in [0.25, 0.3) is 0 Å². The molecule has 1 atom stereocenters. The van der Waals surface area contributed by atoms with E-state index in [0.717, 1.165) is 12.0 Å². The topological polar surface area (TPSA) is 38.3 Å². The van der Waals surface area contributed by atoms with E-state index in [9.17, 15) is 4.79 Å². The number of esters is 1. The lowest BCUT2D eigenvalue weighted by molar-refractivity contribution is -0.140. The minimum Gasteiger partial charge on any atom is -0.448 e. The lowest BCUT2D eigenvalue weighted by Crippen LogP contribution is -2.42. The van der Waals surface area contributed by atoms with Crippen LogP contribution in [0.15, 0.2) is 30.3 Å². The van der Waals surface area contributed by atoms with Gasteiger partial charge in [0.05, 0.1) is 6.54 Å². The number of alkyl halides is 1. The first-order valence-electron chi connectivity index (χ1n) is 5.50. The van der Waals surface area contributed by atoms with Gasteiger partial charge >= 0.3 is 5.97 Å². The lowest BCUT2D eigenvalue weighted by atomic mass is 9.89. The van der Waals surface area contributed by atoms with Crippen molar-refractivity contribution in [2.75, 3.05) is 12.6 Å². The third-order valence-corrected chi connectivity index (χ3v) is 2.83. The van der Waals surface area contributed by atoms with Crippen molar-refractivity contribution in [2.45, 2.75) is 18.9 Å². The van der Waals surface area contributed by atoms with Crippen molar-refractivity contribution >= 4 is 17.6 Å². The second kappa shape index (κ2) is 6.62. The molecule has 0 amide bonds. The average molecular weight is 255 g/mol. The zero-order valence-corrected chi connectivity index (χ0v) is 10.7. The fourth-order valence-electron chi connectivity index (χ4n) is 1.54. The first-order chi connectivity index (χ1) is 8.12. The second-order valence-corrected chi connectivity index (χ2v) is 4.00. The number of carbonyl (C=O) groups is 1. The van der Waals surface area contributed by atoms with E-state index < -0.39 is 5.54 Å². The maximum absolute atomic E-state index is 11.2. The van der Waals surface area contributed by atoms with Crippen molar-refractivity contribution in [1.82, 2.24) is 5.32 Å². The molecule has 0 saturated heterocycles. The van der Waals surface area contributed by atoms with Crippen LogP contribution in [0.3, 0.4) is 0 Å². The predicted octanol–water partition coefficient (Wildman–Crippen LogP) is 2.46. The maximum Gasteiger partial charge on any atom is 0.321 e. The van der Waals surface area contributed by atoms with Crippen LogP contribution in [0.1, 0.15) is 18.9 Å². The highest BCUT2D eigenvalue weighted by Gasteiger charge is 2.24. The Morgan fingerprint density at radius 2 is 2.12 bits per heavy atom. The van der Waals surface area contributed by atoms with Crippen LogP contribution in [-0.2, 0) is 15.1 Å². The van der Waals surface area contributed by atoms with E-state index in [1.807, 2.05) is 37.3 Å². The molecule has 0 aliphatic heterocycles. The Kier molecular flexibility index (Phi) is 5.45. The van der Waals surface area contributed by atoms with E-state index in [1.165, 1.54) is 0 Å². The van der Waals surface area contributed by atoms with Crippen molar-refractivity contribution in [1.29, 1.82) is 0 Å². The summed E-state index contributed by atoms with van der Waals surface area (Å²) in [6.07, 6.45) is 0.769. The number of halogens is 1. The summed E-state index contributed by atoms with van der Waals surface area (Å²) >= 11 is 5.31. The smallest absolute Gasteiger partial charge is 0.321 e. The molecule has 0 aromatic heterocycles. The number of ether oxygens (including phenoxy) is 1. The molecule has 0 aliphatic rings. The molecule has 0 aliphatic carbocycles. The van der Waals surface area contributed by atoms with Crippen molar-refractivity contribution < 1.29 is 9.53 Å². The van der Waals surface area contributed by atoms with E-state index in [2.05, 4.69) is 17.0 Å². The predicted molar refractivity (Wildman–Crippen MR) is 68.6 cm³/mol. The fraction of sp³-hybridized carbons (Fsp3) is 0.385. The number of nitrogens with one attached hydrogen (secondary N) is 1. The summed E-state index contributed by atoms with van der Waals surface area (Å²) in [5.74, 6) is -0.377. The SMILES string of the molecule is [CH2][C@@](CC)(NCC(=O)OCCl)c1ccccc1. The van der Waals surface area contributed by atoms with E-state index in [4.69, 9.17) is 11.6 Å². The molecule has 1 aromatic carbocycles. The van der Waals surface area contributed by atoms with Gasteiger partial charge in [0.25, 0.3) is 0 Å². The quantitative estimate of drug-likeness (QED) is 0.626. The van der Waals surface area contributed by atoms with Crippen LogP contribution in [0.2, 0.25) is 0 Å². The molecular weight excluding hydrogens is 238 g/mol. The molecule has 1 radical (unpaired) electrons. The van der Waals surface area contributed by atoms with E-state index in [0.29, 0.717) is 0 Å². The Morgan fingerprint density at radius 3 is 2.65 bits per heavy atom. The molecule has 1 aromatic rings.